The Morgan fingerprint density at radius 3 is 2.58 bits per heavy atom. The molecule has 2 fully saturated rings. The highest BCUT2D eigenvalue weighted by Crippen LogP contribution is 2.54. The van der Waals surface area contributed by atoms with Gasteiger partial charge in [0.2, 0.25) is 0 Å². The minimum Gasteiger partial charge on any atom is -0.444 e. The number of hydrogen-bond donors (Lipinski definition) is 0. The van der Waals surface area contributed by atoms with E-state index in [1.165, 1.54) is 11.3 Å². The molecule has 0 bridgehead atoms. The fourth-order valence-electron chi connectivity index (χ4n) is 5.13. The van der Waals surface area contributed by atoms with Crippen LogP contribution in [-0.2, 0) is 11.8 Å². The van der Waals surface area contributed by atoms with E-state index in [0.29, 0.717) is 6.04 Å². The molecule has 1 saturated carbocycles. The third kappa shape index (κ3) is 3.30. The average Bonchev–Trinajstić information content (AvgIpc) is 3.12. The summed E-state index contributed by atoms with van der Waals surface area (Å²) in [5, 5.41) is 10.5. The number of carbonyl (C=O) groups excluding carboxylic acids is 1. The van der Waals surface area contributed by atoms with Gasteiger partial charge in [-0.3, -0.25) is 9.36 Å². The Morgan fingerprint density at radius 1 is 1.19 bits per heavy atom. The zero-order valence-corrected chi connectivity index (χ0v) is 19.3. The lowest BCUT2D eigenvalue weighted by Crippen LogP contribution is -2.64. The van der Waals surface area contributed by atoms with Crippen molar-refractivity contribution in [1.82, 2.24) is 24.5 Å². The maximum atomic E-state index is 12.3. The van der Waals surface area contributed by atoms with Crippen LogP contribution in [0.2, 0.25) is 0 Å². The number of aryl methyl sites for hydroxylation is 1. The molecule has 0 radical (unpaired) electrons. The zero-order chi connectivity index (χ0) is 22.1. The molecule has 3 heterocycles. The van der Waals surface area contributed by atoms with Crippen LogP contribution in [0.1, 0.15) is 50.9 Å². The monoisotopic (exact) mass is 421 g/mol. The van der Waals surface area contributed by atoms with E-state index in [1.807, 2.05) is 43.6 Å². The number of likely N-dealkylation sites (tertiary alicyclic amines) is 1. The molecule has 7 heteroatoms. The molecule has 1 aliphatic heterocycles. The fraction of sp³-hybridized carbons (Fsp3) is 0.542. The highest BCUT2D eigenvalue weighted by molar-refractivity contribution is 5.84. The van der Waals surface area contributed by atoms with Crippen molar-refractivity contribution >= 4 is 17.0 Å². The maximum absolute atomic E-state index is 12.3. The van der Waals surface area contributed by atoms with Crippen molar-refractivity contribution in [2.45, 2.75) is 59.1 Å². The van der Waals surface area contributed by atoms with Gasteiger partial charge in [0.05, 0.1) is 23.4 Å². The first-order chi connectivity index (χ1) is 14.6. The summed E-state index contributed by atoms with van der Waals surface area (Å²) in [5.74, 6) is 0. The van der Waals surface area contributed by atoms with Crippen molar-refractivity contribution in [1.29, 1.82) is 0 Å². The fourth-order valence-corrected chi connectivity index (χ4v) is 5.13. The Kier molecular flexibility index (Phi) is 4.27. The second kappa shape index (κ2) is 6.58. The molecule has 164 valence electrons. The average molecular weight is 422 g/mol. The molecule has 31 heavy (non-hydrogen) atoms. The summed E-state index contributed by atoms with van der Waals surface area (Å²) >= 11 is 0. The molecule has 5 rings (SSSR count). The molecule has 3 aromatic rings. The summed E-state index contributed by atoms with van der Waals surface area (Å²) in [6, 6.07) is 6.82. The lowest BCUT2D eigenvalue weighted by Gasteiger charge is -2.58. The summed E-state index contributed by atoms with van der Waals surface area (Å²) in [6.07, 6.45) is 3.84. The summed E-state index contributed by atoms with van der Waals surface area (Å²) in [4.78, 5) is 14.1. The van der Waals surface area contributed by atoms with Gasteiger partial charge < -0.3 is 9.64 Å². The van der Waals surface area contributed by atoms with Crippen LogP contribution in [0.4, 0.5) is 4.79 Å². The minimum atomic E-state index is -0.444. The van der Waals surface area contributed by atoms with E-state index < -0.39 is 5.60 Å². The lowest BCUT2D eigenvalue weighted by molar-refractivity contribution is -0.0930. The van der Waals surface area contributed by atoms with Crippen LogP contribution in [0.15, 0.2) is 24.4 Å². The van der Waals surface area contributed by atoms with Crippen molar-refractivity contribution in [2.24, 2.45) is 12.5 Å². The number of aromatic nitrogens is 4. The van der Waals surface area contributed by atoms with Gasteiger partial charge >= 0.3 is 6.09 Å². The van der Waals surface area contributed by atoms with Gasteiger partial charge in [0.15, 0.2) is 0 Å². The van der Waals surface area contributed by atoms with E-state index in [-0.39, 0.29) is 11.5 Å². The van der Waals surface area contributed by atoms with Crippen LogP contribution in [0.3, 0.4) is 0 Å². The van der Waals surface area contributed by atoms with E-state index in [1.54, 1.807) is 0 Å². The van der Waals surface area contributed by atoms with E-state index in [4.69, 9.17) is 9.84 Å². The van der Waals surface area contributed by atoms with Gasteiger partial charge in [-0.2, -0.15) is 10.2 Å². The van der Waals surface area contributed by atoms with Gasteiger partial charge in [0, 0.05) is 42.2 Å². The van der Waals surface area contributed by atoms with Crippen LogP contribution < -0.4 is 0 Å². The van der Waals surface area contributed by atoms with Crippen molar-refractivity contribution in [3.8, 4) is 11.3 Å². The molecular weight excluding hydrogens is 390 g/mol. The normalized spacial score (nSPS) is 18.3. The summed E-state index contributed by atoms with van der Waals surface area (Å²) in [7, 11) is 1.96. The number of rotatable bonds is 2. The van der Waals surface area contributed by atoms with Crippen LogP contribution in [0, 0.1) is 19.3 Å². The highest BCUT2D eigenvalue weighted by atomic mass is 16.6. The first kappa shape index (κ1) is 20.1. The summed E-state index contributed by atoms with van der Waals surface area (Å²) < 4.78 is 9.60. The van der Waals surface area contributed by atoms with Crippen molar-refractivity contribution in [2.75, 3.05) is 13.1 Å². The quantitative estimate of drug-likeness (QED) is 0.605. The van der Waals surface area contributed by atoms with Gasteiger partial charge in [0.25, 0.3) is 0 Å². The number of nitrogens with zero attached hydrogens (tertiary/aromatic N) is 5. The molecule has 1 aromatic carbocycles. The van der Waals surface area contributed by atoms with Crippen LogP contribution in [0.25, 0.3) is 22.2 Å². The molecule has 2 aromatic heterocycles. The van der Waals surface area contributed by atoms with Crippen LogP contribution in [-0.4, -0.2) is 49.2 Å². The smallest absolute Gasteiger partial charge is 0.410 e. The van der Waals surface area contributed by atoms with Gasteiger partial charge in [0.1, 0.15) is 5.60 Å². The SMILES string of the molecule is Cc1c(-c2ccc3c(cnn3C)c2)nn(C2CC3(C2)CN(C(=O)OC(C)(C)C)C3)c1C. The standard InChI is InChI=1S/C24H31N5O2/c1-15-16(2)29(26-21(15)17-7-8-20-18(9-17)12-25-27(20)6)19-10-24(11-19)13-28(14-24)22(30)31-23(3,4)5/h7-9,12,19H,10-11,13-14H2,1-6H3. The van der Waals surface area contributed by atoms with Crippen molar-refractivity contribution in [3.05, 3.63) is 35.7 Å². The Hall–Kier alpha value is -2.83. The first-order valence-electron chi connectivity index (χ1n) is 11.0. The molecule has 1 amide bonds. The van der Waals surface area contributed by atoms with Gasteiger partial charge in [-0.25, -0.2) is 4.79 Å². The van der Waals surface area contributed by atoms with E-state index in [0.717, 1.165) is 48.1 Å². The second-order valence-electron chi connectivity index (χ2n) is 10.4. The first-order valence-corrected chi connectivity index (χ1v) is 11.0. The Balaban J connectivity index is 1.29. The summed E-state index contributed by atoms with van der Waals surface area (Å²) in [6.45, 7) is 11.6. The molecule has 0 N–H and O–H groups in total. The Morgan fingerprint density at radius 2 is 1.90 bits per heavy atom. The Bertz CT molecular complexity index is 1170. The number of ether oxygens (including phenoxy) is 1. The van der Waals surface area contributed by atoms with Gasteiger partial charge in [-0.05, 0) is 65.2 Å². The molecular formula is C24H31N5O2. The van der Waals surface area contributed by atoms with Crippen LogP contribution in [0.5, 0.6) is 0 Å². The number of fused-ring (bicyclic) bond motifs is 1. The van der Waals surface area contributed by atoms with E-state index >= 15 is 0 Å². The molecule has 0 unspecified atom stereocenters. The molecule has 1 spiro atoms. The second-order valence-corrected chi connectivity index (χ2v) is 10.4. The van der Waals surface area contributed by atoms with Gasteiger partial charge in [-0.1, -0.05) is 6.07 Å². The maximum Gasteiger partial charge on any atom is 0.410 e. The minimum absolute atomic E-state index is 0.194. The predicted molar refractivity (Wildman–Crippen MR) is 120 cm³/mol. The predicted octanol–water partition coefficient (Wildman–Crippen LogP) is 4.63. The third-order valence-electron chi connectivity index (χ3n) is 6.86. The molecule has 0 atom stereocenters. The molecule has 7 nitrogen and oxygen atoms in total. The van der Waals surface area contributed by atoms with Gasteiger partial charge in [-0.15, -0.1) is 0 Å². The van der Waals surface area contributed by atoms with Crippen molar-refractivity contribution in [3.63, 3.8) is 0 Å². The van der Waals surface area contributed by atoms with E-state index in [9.17, 15) is 4.79 Å². The van der Waals surface area contributed by atoms with Crippen LogP contribution >= 0.6 is 0 Å². The molecule has 2 aliphatic rings. The molecule has 1 saturated heterocycles. The topological polar surface area (TPSA) is 65.2 Å². The Labute approximate surface area is 183 Å². The lowest BCUT2D eigenvalue weighted by atomic mass is 9.61. The number of amides is 1. The molecule has 1 aliphatic carbocycles. The number of hydrogen-bond acceptors (Lipinski definition) is 4. The third-order valence-corrected chi connectivity index (χ3v) is 6.86. The zero-order valence-electron chi connectivity index (χ0n) is 19.3. The highest BCUT2D eigenvalue weighted by Gasteiger charge is 2.55. The largest absolute Gasteiger partial charge is 0.444 e. The number of carbonyl (C=O) groups is 1. The number of benzene rings is 1. The van der Waals surface area contributed by atoms with E-state index in [2.05, 4.69) is 41.8 Å². The van der Waals surface area contributed by atoms with Crippen molar-refractivity contribution < 1.29 is 9.53 Å². The summed E-state index contributed by atoms with van der Waals surface area (Å²) in [5.41, 5.74) is 5.56.